The van der Waals surface area contributed by atoms with E-state index in [1.165, 1.54) is 18.2 Å². The molecule has 7 heteroatoms. The van der Waals surface area contributed by atoms with E-state index in [0.717, 1.165) is 5.56 Å². The molecule has 3 nitrogen and oxygen atoms in total. The summed E-state index contributed by atoms with van der Waals surface area (Å²) in [5.41, 5.74) is 0.723. The summed E-state index contributed by atoms with van der Waals surface area (Å²) in [6, 6.07) is 6.41. The third-order valence-corrected chi connectivity index (χ3v) is 4.45. The van der Waals surface area contributed by atoms with Crippen LogP contribution in [0.2, 0.25) is 0 Å². The first kappa shape index (κ1) is 16.0. The summed E-state index contributed by atoms with van der Waals surface area (Å²) in [7, 11) is -1.87. The maximum atomic E-state index is 12.1. The molecule has 0 aromatic heterocycles. The molecule has 0 aliphatic rings. The molecule has 0 N–H and O–H groups in total. The number of hydrogen-bond donors (Lipinski definition) is 0. The average molecular weight is 294 g/mol. The molecule has 108 valence electrons. The van der Waals surface area contributed by atoms with Crippen molar-refractivity contribution in [3.8, 4) is 5.75 Å². The Morgan fingerprint density at radius 1 is 1.11 bits per heavy atom. The molecule has 0 aliphatic carbocycles. The monoisotopic (exact) mass is 294 g/mol. The van der Waals surface area contributed by atoms with Gasteiger partial charge in [-0.05, 0) is 31.5 Å². The summed E-state index contributed by atoms with van der Waals surface area (Å²) < 4.78 is 51.2. The van der Waals surface area contributed by atoms with Gasteiger partial charge in [-0.1, -0.05) is 12.1 Å². The minimum atomic E-state index is -4.67. The second-order valence-electron chi connectivity index (χ2n) is 3.74. The summed E-state index contributed by atoms with van der Waals surface area (Å²) >= 11 is 0. The summed E-state index contributed by atoms with van der Waals surface area (Å²) in [5, 5.41) is 0. The van der Waals surface area contributed by atoms with Crippen molar-refractivity contribution in [3.05, 3.63) is 29.8 Å². The van der Waals surface area contributed by atoms with E-state index in [1.54, 1.807) is 6.07 Å². The quantitative estimate of drug-likeness (QED) is 0.724. The van der Waals surface area contributed by atoms with Crippen LogP contribution in [0.25, 0.3) is 0 Å². The predicted octanol–water partition coefficient (Wildman–Crippen LogP) is 2.96. The van der Waals surface area contributed by atoms with E-state index in [0.29, 0.717) is 19.3 Å². The van der Waals surface area contributed by atoms with Crippen molar-refractivity contribution in [2.75, 3.05) is 13.2 Å². The van der Waals surface area contributed by atoms with E-state index in [4.69, 9.17) is 8.85 Å². The Balaban J connectivity index is 2.69. The molecule has 0 amide bonds. The van der Waals surface area contributed by atoms with Crippen LogP contribution in [-0.4, -0.2) is 28.9 Å². The summed E-state index contributed by atoms with van der Waals surface area (Å²) in [6.45, 7) is 4.80. The third kappa shape index (κ3) is 6.60. The molecule has 0 unspecified atom stereocenters. The lowest BCUT2D eigenvalue weighted by molar-refractivity contribution is -0.274. The van der Waals surface area contributed by atoms with Gasteiger partial charge in [0.1, 0.15) is 5.75 Å². The molecule has 0 radical (unpaired) electrons. The molecule has 0 saturated carbocycles. The van der Waals surface area contributed by atoms with E-state index in [-0.39, 0.29) is 5.75 Å². The molecule has 0 bridgehead atoms. The zero-order valence-corrected chi connectivity index (χ0v) is 12.0. The maximum Gasteiger partial charge on any atom is 0.573 e. The van der Waals surface area contributed by atoms with Crippen molar-refractivity contribution in [2.24, 2.45) is 0 Å². The van der Waals surface area contributed by atoms with Crippen LogP contribution >= 0.6 is 0 Å². The Kier molecular flexibility index (Phi) is 6.33. The van der Waals surface area contributed by atoms with Gasteiger partial charge in [-0.15, -0.1) is 13.2 Å². The molecule has 0 aliphatic heterocycles. The van der Waals surface area contributed by atoms with Crippen molar-refractivity contribution < 1.29 is 26.8 Å². The van der Waals surface area contributed by atoms with Gasteiger partial charge >= 0.3 is 15.6 Å². The normalized spacial score (nSPS) is 11.9. The summed E-state index contributed by atoms with van der Waals surface area (Å²) in [6.07, 6.45) is -4.67. The van der Waals surface area contributed by atoms with Gasteiger partial charge < -0.3 is 13.6 Å². The van der Waals surface area contributed by atoms with E-state index < -0.39 is 15.6 Å². The van der Waals surface area contributed by atoms with Crippen molar-refractivity contribution in [2.45, 2.75) is 26.3 Å². The fourth-order valence-corrected chi connectivity index (χ4v) is 3.31. The van der Waals surface area contributed by atoms with Crippen molar-refractivity contribution in [3.63, 3.8) is 0 Å². The van der Waals surface area contributed by atoms with Gasteiger partial charge in [-0.3, -0.25) is 0 Å². The lowest BCUT2D eigenvalue weighted by atomic mass is 10.2. The fraction of sp³-hybridized carbons (Fsp3) is 0.500. The minimum absolute atomic E-state index is 0.217. The fourth-order valence-electron chi connectivity index (χ4n) is 1.60. The van der Waals surface area contributed by atoms with Crippen molar-refractivity contribution in [1.29, 1.82) is 0 Å². The standard InChI is InChI=1S/C12H17F3O3Si/c1-3-16-19(17-4-2)9-10-6-5-7-11(8-10)18-12(13,14)15/h5-8,19H,3-4,9H2,1-2H3. The smallest absolute Gasteiger partial charge is 0.406 e. The van der Waals surface area contributed by atoms with Gasteiger partial charge in [-0.2, -0.15) is 0 Å². The SMILES string of the molecule is CCO[SiH](Cc1cccc(OC(F)(F)F)c1)OCC. The molecule has 0 spiro atoms. The van der Waals surface area contributed by atoms with Crippen molar-refractivity contribution >= 4 is 9.28 Å². The first-order chi connectivity index (χ1) is 8.94. The number of alkyl halides is 3. The van der Waals surface area contributed by atoms with Crippen LogP contribution in [-0.2, 0) is 14.9 Å². The van der Waals surface area contributed by atoms with Crippen LogP contribution < -0.4 is 4.74 Å². The number of ether oxygens (including phenoxy) is 1. The zero-order chi connectivity index (χ0) is 14.3. The Bertz CT molecular complexity index is 379. The Hall–Kier alpha value is -1.05. The molecule has 0 fully saturated rings. The van der Waals surface area contributed by atoms with E-state index in [2.05, 4.69) is 4.74 Å². The van der Waals surface area contributed by atoms with Crippen LogP contribution in [0.4, 0.5) is 13.2 Å². The first-order valence-corrected chi connectivity index (χ1v) is 7.78. The summed E-state index contributed by atoms with van der Waals surface area (Å²) in [4.78, 5) is 0. The molecule has 0 heterocycles. The van der Waals surface area contributed by atoms with Crippen LogP contribution in [0.3, 0.4) is 0 Å². The van der Waals surface area contributed by atoms with Crippen molar-refractivity contribution in [1.82, 2.24) is 0 Å². The lowest BCUT2D eigenvalue weighted by Gasteiger charge is -2.15. The van der Waals surface area contributed by atoms with E-state index in [1.807, 2.05) is 13.8 Å². The van der Waals surface area contributed by atoms with Crippen LogP contribution in [0.15, 0.2) is 24.3 Å². The lowest BCUT2D eigenvalue weighted by Crippen LogP contribution is -2.26. The average Bonchev–Trinajstić information content (AvgIpc) is 2.27. The van der Waals surface area contributed by atoms with Gasteiger partial charge in [0.05, 0.1) is 0 Å². The molecule has 0 saturated heterocycles. The van der Waals surface area contributed by atoms with Gasteiger partial charge in [0.2, 0.25) is 0 Å². The molecule has 1 rings (SSSR count). The van der Waals surface area contributed by atoms with E-state index >= 15 is 0 Å². The van der Waals surface area contributed by atoms with Crippen LogP contribution in [0.5, 0.6) is 5.75 Å². The highest BCUT2D eigenvalue weighted by Crippen LogP contribution is 2.23. The van der Waals surface area contributed by atoms with Crippen LogP contribution in [0.1, 0.15) is 19.4 Å². The van der Waals surface area contributed by atoms with Gasteiger partial charge in [0.15, 0.2) is 0 Å². The highest BCUT2D eigenvalue weighted by Gasteiger charge is 2.31. The minimum Gasteiger partial charge on any atom is -0.406 e. The van der Waals surface area contributed by atoms with Gasteiger partial charge in [0, 0.05) is 19.3 Å². The Morgan fingerprint density at radius 2 is 1.74 bits per heavy atom. The molecular formula is C12H17F3O3Si. The van der Waals surface area contributed by atoms with Crippen LogP contribution in [0, 0.1) is 0 Å². The molecule has 1 aromatic carbocycles. The first-order valence-electron chi connectivity index (χ1n) is 6.02. The second kappa shape index (κ2) is 7.52. The largest absolute Gasteiger partial charge is 0.573 e. The number of rotatable bonds is 7. The molecular weight excluding hydrogens is 277 g/mol. The highest BCUT2D eigenvalue weighted by atomic mass is 28.3. The summed E-state index contributed by atoms with van der Waals surface area (Å²) in [5.74, 6) is -0.217. The van der Waals surface area contributed by atoms with Gasteiger partial charge in [0.25, 0.3) is 0 Å². The Labute approximate surface area is 112 Å². The number of benzene rings is 1. The number of halogens is 3. The highest BCUT2D eigenvalue weighted by molar-refractivity contribution is 6.43. The third-order valence-electron chi connectivity index (χ3n) is 2.24. The topological polar surface area (TPSA) is 27.7 Å². The molecule has 1 aromatic rings. The van der Waals surface area contributed by atoms with E-state index in [9.17, 15) is 13.2 Å². The maximum absolute atomic E-state index is 12.1. The molecule has 0 atom stereocenters. The van der Waals surface area contributed by atoms with Gasteiger partial charge in [-0.25, -0.2) is 0 Å². The zero-order valence-electron chi connectivity index (χ0n) is 10.9. The number of hydrogen-bond acceptors (Lipinski definition) is 3. The Morgan fingerprint density at radius 3 is 2.26 bits per heavy atom. The predicted molar refractivity (Wildman–Crippen MR) is 67.2 cm³/mol. The second-order valence-corrected chi connectivity index (χ2v) is 5.67. The molecule has 19 heavy (non-hydrogen) atoms.